The number of hydrogen-bond donors (Lipinski definition) is 0. The third kappa shape index (κ3) is 1.51. The molecule has 4 nitrogen and oxygen atoms in total. The van der Waals surface area contributed by atoms with E-state index in [4.69, 9.17) is 5.26 Å². The Balaban J connectivity index is 2.88. The Labute approximate surface area is 85.5 Å². The number of fused-ring (bicyclic) bond motifs is 1. The predicted molar refractivity (Wildman–Crippen MR) is 54.2 cm³/mol. The summed E-state index contributed by atoms with van der Waals surface area (Å²) in [7, 11) is 0. The average Bonchev–Trinajstić information content (AvgIpc) is 2.27. The maximum atomic E-state index is 10.8. The smallest absolute Gasteiger partial charge is 0.258 e. The number of rotatable bonds is 1. The topological polar surface area (TPSA) is 66.9 Å². The van der Waals surface area contributed by atoms with Gasteiger partial charge in [-0.1, -0.05) is 18.2 Å². The Hall–Kier alpha value is -2.41. The third-order valence-corrected chi connectivity index (χ3v) is 2.07. The van der Waals surface area contributed by atoms with Crippen molar-refractivity contribution in [1.82, 2.24) is 0 Å². The van der Waals surface area contributed by atoms with E-state index in [9.17, 15) is 10.1 Å². The van der Waals surface area contributed by atoms with Crippen molar-refractivity contribution in [3.63, 3.8) is 0 Å². The second-order valence-electron chi connectivity index (χ2n) is 2.98. The monoisotopic (exact) mass is 197 g/mol. The standard InChI is InChI=1S/C11H5N2O2/c12-7-8-5-9-3-1-2-4-10(9)11(6-8)13(14)15/h1-4,6H. The molecule has 71 valence electrons. The quantitative estimate of drug-likeness (QED) is 0.520. The summed E-state index contributed by atoms with van der Waals surface area (Å²) in [5, 5.41) is 20.6. The van der Waals surface area contributed by atoms with Crippen LogP contribution >= 0.6 is 0 Å². The first-order valence-electron chi connectivity index (χ1n) is 4.22. The van der Waals surface area contributed by atoms with Gasteiger partial charge in [0.15, 0.2) is 0 Å². The van der Waals surface area contributed by atoms with Gasteiger partial charge in [-0.15, -0.1) is 0 Å². The summed E-state index contributed by atoms with van der Waals surface area (Å²) in [6.07, 6.45) is 0. The molecule has 0 aromatic heterocycles. The molecular weight excluding hydrogens is 192 g/mol. The van der Waals surface area contributed by atoms with Crippen LogP contribution in [0.25, 0.3) is 10.8 Å². The van der Waals surface area contributed by atoms with E-state index < -0.39 is 4.92 Å². The van der Waals surface area contributed by atoms with Crippen molar-refractivity contribution in [2.75, 3.05) is 0 Å². The van der Waals surface area contributed by atoms with Gasteiger partial charge in [-0.2, -0.15) is 5.26 Å². The molecule has 2 aromatic rings. The lowest BCUT2D eigenvalue weighted by Crippen LogP contribution is -1.91. The minimum atomic E-state index is -0.489. The minimum absolute atomic E-state index is 0.0547. The van der Waals surface area contributed by atoms with Crippen LogP contribution in [-0.2, 0) is 0 Å². The van der Waals surface area contributed by atoms with E-state index in [1.54, 1.807) is 24.3 Å². The molecule has 0 atom stereocenters. The summed E-state index contributed by atoms with van der Waals surface area (Å²) in [5.41, 5.74) is 0.126. The zero-order chi connectivity index (χ0) is 10.8. The lowest BCUT2D eigenvalue weighted by atomic mass is 10.1. The van der Waals surface area contributed by atoms with E-state index in [2.05, 4.69) is 6.07 Å². The Morgan fingerprint density at radius 1 is 1.40 bits per heavy atom. The van der Waals surface area contributed by atoms with Gasteiger partial charge in [0.25, 0.3) is 5.69 Å². The Morgan fingerprint density at radius 3 is 2.80 bits per heavy atom. The molecule has 0 N–H and O–H groups in total. The number of nitrogens with zero attached hydrogens (tertiary/aromatic N) is 2. The van der Waals surface area contributed by atoms with Crippen LogP contribution < -0.4 is 0 Å². The van der Waals surface area contributed by atoms with Gasteiger partial charge in [0.1, 0.15) is 6.07 Å². The largest absolute Gasteiger partial charge is 0.278 e. The number of nitriles is 1. The van der Waals surface area contributed by atoms with Crippen molar-refractivity contribution in [3.8, 4) is 6.07 Å². The summed E-state index contributed by atoms with van der Waals surface area (Å²) < 4.78 is 0. The molecular formula is C11H5N2O2. The first-order valence-corrected chi connectivity index (χ1v) is 4.22. The molecule has 0 fully saturated rings. The number of benzene rings is 2. The lowest BCUT2D eigenvalue weighted by Gasteiger charge is -1.98. The molecule has 0 amide bonds. The Kier molecular flexibility index (Phi) is 2.07. The molecule has 15 heavy (non-hydrogen) atoms. The van der Waals surface area contributed by atoms with E-state index in [1.165, 1.54) is 6.07 Å². The van der Waals surface area contributed by atoms with Crippen LogP contribution in [0.15, 0.2) is 30.3 Å². The molecule has 4 heteroatoms. The van der Waals surface area contributed by atoms with E-state index in [-0.39, 0.29) is 11.3 Å². The molecule has 0 unspecified atom stereocenters. The van der Waals surface area contributed by atoms with Gasteiger partial charge in [-0.05, 0) is 11.5 Å². The van der Waals surface area contributed by atoms with Crippen LogP contribution in [0, 0.1) is 27.5 Å². The van der Waals surface area contributed by atoms with Gasteiger partial charge >= 0.3 is 0 Å². The highest BCUT2D eigenvalue weighted by Crippen LogP contribution is 2.26. The zero-order valence-electron chi connectivity index (χ0n) is 7.60. The molecule has 2 rings (SSSR count). The van der Waals surface area contributed by atoms with Gasteiger partial charge in [-0.3, -0.25) is 10.1 Å². The zero-order valence-corrected chi connectivity index (χ0v) is 7.60. The van der Waals surface area contributed by atoms with Crippen molar-refractivity contribution in [3.05, 3.63) is 52.1 Å². The van der Waals surface area contributed by atoms with Gasteiger partial charge in [0.2, 0.25) is 0 Å². The van der Waals surface area contributed by atoms with Gasteiger partial charge in [0, 0.05) is 12.1 Å². The molecule has 2 aromatic carbocycles. The Morgan fingerprint density at radius 2 is 2.13 bits per heavy atom. The van der Waals surface area contributed by atoms with Gasteiger partial charge < -0.3 is 0 Å². The highest BCUT2D eigenvalue weighted by atomic mass is 16.6. The van der Waals surface area contributed by atoms with Crippen LogP contribution in [0.4, 0.5) is 5.69 Å². The summed E-state index contributed by atoms with van der Waals surface area (Å²) in [5.74, 6) is 0. The maximum Gasteiger partial charge on any atom is 0.278 e. The second kappa shape index (κ2) is 3.39. The average molecular weight is 197 g/mol. The fourth-order valence-corrected chi connectivity index (χ4v) is 1.42. The number of nitro benzene ring substituents is 1. The maximum absolute atomic E-state index is 10.8. The normalized spacial score (nSPS) is 9.80. The fraction of sp³-hybridized carbons (Fsp3) is 0. The van der Waals surface area contributed by atoms with E-state index in [1.807, 2.05) is 6.07 Å². The molecule has 0 aliphatic carbocycles. The molecule has 0 saturated carbocycles. The van der Waals surface area contributed by atoms with Crippen molar-refractivity contribution in [1.29, 1.82) is 5.26 Å². The van der Waals surface area contributed by atoms with E-state index >= 15 is 0 Å². The minimum Gasteiger partial charge on any atom is -0.258 e. The highest BCUT2D eigenvalue weighted by Gasteiger charge is 2.13. The van der Waals surface area contributed by atoms with Crippen LogP contribution in [0.2, 0.25) is 0 Å². The van der Waals surface area contributed by atoms with Crippen LogP contribution in [0.1, 0.15) is 5.56 Å². The molecule has 1 radical (unpaired) electrons. The van der Waals surface area contributed by atoms with Crippen LogP contribution in [0.5, 0.6) is 0 Å². The third-order valence-electron chi connectivity index (χ3n) is 2.07. The lowest BCUT2D eigenvalue weighted by molar-refractivity contribution is -0.383. The van der Waals surface area contributed by atoms with E-state index in [0.717, 1.165) is 0 Å². The van der Waals surface area contributed by atoms with Crippen LogP contribution in [0.3, 0.4) is 0 Å². The first-order chi connectivity index (χ1) is 7.22. The molecule has 0 spiro atoms. The second-order valence-corrected chi connectivity index (χ2v) is 2.98. The van der Waals surface area contributed by atoms with Crippen molar-refractivity contribution < 1.29 is 4.92 Å². The summed E-state index contributed by atoms with van der Waals surface area (Å²) >= 11 is 0. The summed E-state index contributed by atoms with van der Waals surface area (Å²) in [4.78, 5) is 10.3. The highest BCUT2D eigenvalue weighted by molar-refractivity contribution is 5.91. The van der Waals surface area contributed by atoms with Crippen molar-refractivity contribution in [2.24, 2.45) is 0 Å². The summed E-state index contributed by atoms with van der Waals surface area (Å²) in [6.45, 7) is 0. The summed E-state index contributed by atoms with van der Waals surface area (Å²) in [6, 6.07) is 12.7. The number of nitro groups is 1. The Bertz CT molecular complexity index is 585. The first kappa shape index (κ1) is 9.16. The number of hydrogen-bond acceptors (Lipinski definition) is 3. The number of non-ortho nitro benzene ring substituents is 1. The van der Waals surface area contributed by atoms with E-state index in [0.29, 0.717) is 10.8 Å². The van der Waals surface area contributed by atoms with Crippen molar-refractivity contribution >= 4 is 16.5 Å². The van der Waals surface area contributed by atoms with Crippen molar-refractivity contribution in [2.45, 2.75) is 0 Å². The molecule has 0 aliphatic rings. The molecule has 0 saturated heterocycles. The molecule has 0 heterocycles. The van der Waals surface area contributed by atoms with Gasteiger partial charge in [0.05, 0.1) is 15.9 Å². The van der Waals surface area contributed by atoms with Gasteiger partial charge in [-0.25, -0.2) is 0 Å². The van der Waals surface area contributed by atoms with Crippen LogP contribution in [-0.4, -0.2) is 4.92 Å². The fourth-order valence-electron chi connectivity index (χ4n) is 1.42. The SMILES string of the molecule is N#Cc1[c]c2ccccc2c([N+](=O)[O-])c1. The molecule has 0 bridgehead atoms. The predicted octanol–water partition coefficient (Wildman–Crippen LogP) is 2.42. The molecule has 0 aliphatic heterocycles.